The molecule has 0 heteroatoms. The van der Waals surface area contributed by atoms with Crippen LogP contribution in [0.2, 0.25) is 0 Å². The first kappa shape index (κ1) is 32.2. The van der Waals surface area contributed by atoms with Crippen LogP contribution >= 0.6 is 0 Å². The maximum absolute atomic E-state index is 2.43. The second-order valence-corrected chi connectivity index (χ2v) is 14.9. The van der Waals surface area contributed by atoms with Crippen molar-refractivity contribution in [2.24, 2.45) is 0 Å². The van der Waals surface area contributed by atoms with Crippen molar-refractivity contribution in [1.82, 2.24) is 0 Å². The molecule has 0 aromatic heterocycles. The minimum Gasteiger partial charge on any atom is -0.0622 e. The molecule has 0 aliphatic carbocycles. The van der Waals surface area contributed by atoms with Crippen LogP contribution in [0, 0.1) is 0 Å². The zero-order chi connectivity index (χ0) is 37.0. The van der Waals surface area contributed by atoms with Gasteiger partial charge in [0, 0.05) is 0 Å². The first-order chi connectivity index (χ1) is 27.7. The third kappa shape index (κ3) is 5.54. The van der Waals surface area contributed by atoms with E-state index in [9.17, 15) is 0 Å². The highest BCUT2D eigenvalue weighted by atomic mass is 14.2. The Bertz CT molecular complexity index is 3300. The Kier molecular flexibility index (Phi) is 7.60. The Morgan fingerprint density at radius 2 is 0.518 bits per heavy atom. The van der Waals surface area contributed by atoms with Gasteiger partial charge in [0.1, 0.15) is 0 Å². The molecule has 0 N–H and O–H groups in total. The van der Waals surface area contributed by atoms with E-state index >= 15 is 0 Å². The van der Waals surface area contributed by atoms with Crippen molar-refractivity contribution in [3.63, 3.8) is 0 Å². The van der Waals surface area contributed by atoms with Crippen LogP contribution in [-0.4, -0.2) is 0 Å². The molecule has 0 radical (unpaired) electrons. The molecular formula is C56H36. The highest BCUT2D eigenvalue weighted by Gasteiger charge is 2.18. The van der Waals surface area contributed by atoms with Crippen LogP contribution in [0.3, 0.4) is 0 Å². The summed E-state index contributed by atoms with van der Waals surface area (Å²) in [6.45, 7) is 0. The molecule has 11 aromatic rings. The predicted octanol–water partition coefficient (Wildman–Crippen LogP) is 15.8. The van der Waals surface area contributed by atoms with Crippen molar-refractivity contribution in [3.05, 3.63) is 218 Å². The second kappa shape index (κ2) is 13.2. The molecule has 0 saturated heterocycles. The Morgan fingerprint density at radius 1 is 0.161 bits per heavy atom. The molecule has 0 spiro atoms. The van der Waals surface area contributed by atoms with E-state index in [4.69, 9.17) is 0 Å². The average molecular weight is 709 g/mol. The van der Waals surface area contributed by atoms with Gasteiger partial charge in [-0.15, -0.1) is 0 Å². The summed E-state index contributed by atoms with van der Waals surface area (Å²) in [4.78, 5) is 0. The number of benzene rings is 11. The van der Waals surface area contributed by atoms with E-state index in [0.717, 1.165) is 0 Å². The van der Waals surface area contributed by atoms with E-state index in [-0.39, 0.29) is 0 Å². The summed E-state index contributed by atoms with van der Waals surface area (Å²) in [5.41, 5.74) is 12.3. The average Bonchev–Trinajstić information content (AvgIpc) is 3.27. The van der Waals surface area contributed by atoms with Gasteiger partial charge in [-0.25, -0.2) is 0 Å². The van der Waals surface area contributed by atoms with Crippen molar-refractivity contribution >= 4 is 53.9 Å². The van der Waals surface area contributed by atoms with Gasteiger partial charge in [0.2, 0.25) is 0 Å². The van der Waals surface area contributed by atoms with Crippen LogP contribution in [0.25, 0.3) is 109 Å². The lowest BCUT2D eigenvalue weighted by Gasteiger charge is -2.19. The lowest BCUT2D eigenvalue weighted by atomic mass is 9.84. The van der Waals surface area contributed by atoms with Crippen molar-refractivity contribution in [2.75, 3.05) is 0 Å². The fourth-order valence-electron chi connectivity index (χ4n) is 8.78. The molecule has 0 amide bonds. The maximum Gasteiger partial charge on any atom is -0.00259 e. The summed E-state index contributed by atoms with van der Waals surface area (Å²) < 4.78 is 0. The van der Waals surface area contributed by atoms with Gasteiger partial charge >= 0.3 is 0 Å². The van der Waals surface area contributed by atoms with Crippen LogP contribution in [0.1, 0.15) is 0 Å². The Labute approximate surface area is 326 Å². The zero-order valence-corrected chi connectivity index (χ0v) is 30.8. The molecule has 11 aromatic carbocycles. The van der Waals surface area contributed by atoms with Crippen LogP contribution in [0.5, 0.6) is 0 Å². The SMILES string of the molecule is c1ccc(-c2ccc3cc(-c4cccc(-c5ccc6c(-c7ccc8ccccc8c7)c7ccccc7c(-c7ccc8ccccc8c7)c6c5)c4)ccc3c2)cc1. The van der Waals surface area contributed by atoms with Gasteiger partial charge in [-0.2, -0.15) is 0 Å². The van der Waals surface area contributed by atoms with Gasteiger partial charge in [-0.3, -0.25) is 0 Å². The second-order valence-electron chi connectivity index (χ2n) is 14.9. The van der Waals surface area contributed by atoms with Crippen LogP contribution in [0.4, 0.5) is 0 Å². The van der Waals surface area contributed by atoms with E-state index < -0.39 is 0 Å². The summed E-state index contributed by atoms with van der Waals surface area (Å²) in [6, 6.07) is 80.5. The number of hydrogen-bond donors (Lipinski definition) is 0. The smallest absolute Gasteiger partial charge is 0.00259 e. The molecule has 0 heterocycles. The molecule has 0 bridgehead atoms. The molecule has 0 aliphatic heterocycles. The van der Waals surface area contributed by atoms with Crippen LogP contribution in [-0.2, 0) is 0 Å². The Balaban J connectivity index is 1.10. The zero-order valence-electron chi connectivity index (χ0n) is 30.8. The van der Waals surface area contributed by atoms with Gasteiger partial charge in [0.15, 0.2) is 0 Å². The first-order valence-electron chi connectivity index (χ1n) is 19.4. The fourth-order valence-corrected chi connectivity index (χ4v) is 8.78. The third-order valence-electron chi connectivity index (χ3n) is 11.6. The van der Waals surface area contributed by atoms with E-state index in [2.05, 4.69) is 218 Å². The highest BCUT2D eigenvalue weighted by Crippen LogP contribution is 2.46. The topological polar surface area (TPSA) is 0 Å². The fraction of sp³-hybridized carbons (Fsp3) is 0. The monoisotopic (exact) mass is 708 g/mol. The van der Waals surface area contributed by atoms with E-state index in [1.807, 2.05) is 0 Å². The minimum absolute atomic E-state index is 1.20. The molecule has 0 atom stereocenters. The number of hydrogen-bond acceptors (Lipinski definition) is 0. The van der Waals surface area contributed by atoms with Crippen LogP contribution < -0.4 is 0 Å². The standard InChI is InChI=1S/C56H36/c1-2-11-37(12-3-1)44-23-24-47-33-45(25-26-46(47)32-44)42-17-10-18-43(31-42)48-29-30-53-54(36-48)56(50-28-22-39-14-5-7-16-41(39)35-50)52-20-9-8-19-51(52)55(53)49-27-21-38-13-4-6-15-40(38)34-49/h1-36H. The summed E-state index contributed by atoms with van der Waals surface area (Å²) in [6.07, 6.45) is 0. The Hall–Kier alpha value is -7.28. The summed E-state index contributed by atoms with van der Waals surface area (Å²) in [5, 5.41) is 12.5. The molecule has 0 unspecified atom stereocenters. The molecule has 11 rings (SSSR count). The van der Waals surface area contributed by atoms with Crippen LogP contribution in [0.15, 0.2) is 218 Å². The molecule has 260 valence electrons. The minimum atomic E-state index is 1.20. The predicted molar refractivity (Wildman–Crippen MR) is 241 cm³/mol. The van der Waals surface area contributed by atoms with Gasteiger partial charge < -0.3 is 0 Å². The number of rotatable bonds is 5. The quantitative estimate of drug-likeness (QED) is 0.156. The lowest BCUT2D eigenvalue weighted by Crippen LogP contribution is -1.92. The van der Waals surface area contributed by atoms with Gasteiger partial charge in [0.25, 0.3) is 0 Å². The van der Waals surface area contributed by atoms with E-state index in [0.29, 0.717) is 0 Å². The van der Waals surface area contributed by atoms with Gasteiger partial charge in [-0.1, -0.05) is 182 Å². The molecular weight excluding hydrogens is 673 g/mol. The summed E-state index contributed by atoms with van der Waals surface area (Å²) in [7, 11) is 0. The molecule has 0 fully saturated rings. The molecule has 0 nitrogen and oxygen atoms in total. The highest BCUT2D eigenvalue weighted by molar-refractivity contribution is 6.22. The molecule has 56 heavy (non-hydrogen) atoms. The maximum atomic E-state index is 2.43. The normalized spacial score (nSPS) is 11.6. The Morgan fingerprint density at radius 3 is 1.12 bits per heavy atom. The van der Waals surface area contributed by atoms with E-state index in [1.165, 1.54) is 109 Å². The van der Waals surface area contributed by atoms with Gasteiger partial charge in [-0.05, 0) is 146 Å². The lowest BCUT2D eigenvalue weighted by molar-refractivity contribution is 1.61. The molecule has 0 saturated carbocycles. The van der Waals surface area contributed by atoms with Crippen molar-refractivity contribution < 1.29 is 0 Å². The van der Waals surface area contributed by atoms with Crippen molar-refractivity contribution in [3.8, 4) is 55.6 Å². The summed E-state index contributed by atoms with van der Waals surface area (Å²) in [5.74, 6) is 0. The summed E-state index contributed by atoms with van der Waals surface area (Å²) >= 11 is 0. The first-order valence-corrected chi connectivity index (χ1v) is 19.4. The van der Waals surface area contributed by atoms with Crippen molar-refractivity contribution in [1.29, 1.82) is 0 Å². The van der Waals surface area contributed by atoms with Gasteiger partial charge in [0.05, 0.1) is 0 Å². The van der Waals surface area contributed by atoms with Crippen molar-refractivity contribution in [2.45, 2.75) is 0 Å². The van der Waals surface area contributed by atoms with E-state index in [1.54, 1.807) is 0 Å². The third-order valence-corrected chi connectivity index (χ3v) is 11.6. The molecule has 0 aliphatic rings. The number of fused-ring (bicyclic) bond motifs is 5. The largest absolute Gasteiger partial charge is 0.0622 e.